The minimum absolute atomic E-state index is 0.0710. The van der Waals surface area contributed by atoms with Gasteiger partial charge in [0.15, 0.2) is 0 Å². The van der Waals surface area contributed by atoms with E-state index in [1.165, 1.54) is 0 Å². The first-order chi connectivity index (χ1) is 6.15. The molecule has 1 saturated heterocycles. The number of hydrogen-bond donors (Lipinski definition) is 1. The van der Waals surface area contributed by atoms with E-state index in [-0.39, 0.29) is 11.9 Å². The third-order valence-corrected chi connectivity index (χ3v) is 2.39. The van der Waals surface area contributed by atoms with Crippen molar-refractivity contribution in [1.29, 1.82) is 0 Å². The van der Waals surface area contributed by atoms with Crippen molar-refractivity contribution in [2.24, 2.45) is 0 Å². The van der Waals surface area contributed by atoms with E-state index in [1.807, 2.05) is 6.92 Å². The van der Waals surface area contributed by atoms with Crippen LogP contribution in [-0.4, -0.2) is 37.0 Å². The van der Waals surface area contributed by atoms with Gasteiger partial charge in [-0.25, -0.2) is 0 Å². The quantitative estimate of drug-likeness (QED) is 0.654. The van der Waals surface area contributed by atoms with E-state index in [0.29, 0.717) is 0 Å². The van der Waals surface area contributed by atoms with Crippen LogP contribution in [0.2, 0.25) is 0 Å². The number of carbonyl (C=O) groups is 1. The number of amides is 1. The molecule has 0 radical (unpaired) electrons. The van der Waals surface area contributed by atoms with E-state index in [4.69, 9.17) is 0 Å². The van der Waals surface area contributed by atoms with Gasteiger partial charge < -0.3 is 5.32 Å². The third kappa shape index (κ3) is 2.56. The molecule has 1 atom stereocenters. The van der Waals surface area contributed by atoms with Crippen LogP contribution in [0.1, 0.15) is 19.8 Å². The minimum atomic E-state index is 0.0710. The van der Waals surface area contributed by atoms with Gasteiger partial charge >= 0.3 is 0 Å². The van der Waals surface area contributed by atoms with Crippen LogP contribution in [0.15, 0.2) is 12.2 Å². The smallest absolute Gasteiger partial charge is 0.237 e. The van der Waals surface area contributed by atoms with Crippen LogP contribution in [0.4, 0.5) is 0 Å². The second-order valence-electron chi connectivity index (χ2n) is 3.70. The molecule has 1 rings (SSSR count). The summed E-state index contributed by atoms with van der Waals surface area (Å²) in [6.07, 6.45) is 2.10. The summed E-state index contributed by atoms with van der Waals surface area (Å²) in [5.41, 5.74) is 1.12. The topological polar surface area (TPSA) is 32.3 Å². The zero-order valence-electron chi connectivity index (χ0n) is 8.47. The summed E-state index contributed by atoms with van der Waals surface area (Å²) in [6.45, 7) is 7.73. The Morgan fingerprint density at radius 3 is 2.92 bits per heavy atom. The number of likely N-dealkylation sites (tertiary alicyclic amines) is 1. The Kier molecular flexibility index (Phi) is 3.48. The maximum absolute atomic E-state index is 11.4. The molecular weight excluding hydrogens is 164 g/mol. The van der Waals surface area contributed by atoms with E-state index < -0.39 is 0 Å². The molecule has 0 saturated carbocycles. The second kappa shape index (κ2) is 4.42. The highest BCUT2D eigenvalue weighted by atomic mass is 16.2. The summed E-state index contributed by atoms with van der Waals surface area (Å²) < 4.78 is 0. The van der Waals surface area contributed by atoms with Gasteiger partial charge in [-0.1, -0.05) is 12.2 Å². The molecule has 0 aliphatic carbocycles. The highest BCUT2D eigenvalue weighted by Gasteiger charge is 2.29. The molecule has 13 heavy (non-hydrogen) atoms. The van der Waals surface area contributed by atoms with Gasteiger partial charge in [0.05, 0.1) is 6.04 Å². The van der Waals surface area contributed by atoms with E-state index in [0.717, 1.165) is 31.5 Å². The van der Waals surface area contributed by atoms with Crippen molar-refractivity contribution in [3.63, 3.8) is 0 Å². The summed E-state index contributed by atoms with van der Waals surface area (Å²) in [7, 11) is 1.69. The average molecular weight is 182 g/mol. The van der Waals surface area contributed by atoms with Crippen molar-refractivity contribution in [2.45, 2.75) is 25.8 Å². The van der Waals surface area contributed by atoms with Crippen molar-refractivity contribution in [3.05, 3.63) is 12.2 Å². The van der Waals surface area contributed by atoms with Crippen molar-refractivity contribution >= 4 is 5.91 Å². The lowest BCUT2D eigenvalue weighted by Crippen LogP contribution is -2.42. The lowest BCUT2D eigenvalue weighted by molar-refractivity contribution is -0.124. The number of rotatable bonds is 3. The van der Waals surface area contributed by atoms with Gasteiger partial charge in [0, 0.05) is 13.6 Å². The number of nitrogens with one attached hydrogen (secondary N) is 1. The molecule has 0 unspecified atom stereocenters. The first-order valence-corrected chi connectivity index (χ1v) is 4.75. The van der Waals surface area contributed by atoms with Crippen molar-refractivity contribution in [1.82, 2.24) is 10.2 Å². The Labute approximate surface area is 79.8 Å². The molecule has 1 aliphatic rings. The van der Waals surface area contributed by atoms with Crippen LogP contribution >= 0.6 is 0 Å². The summed E-state index contributed by atoms with van der Waals surface area (Å²) in [5.74, 6) is 0.138. The van der Waals surface area contributed by atoms with Crippen LogP contribution in [0, 0.1) is 0 Å². The van der Waals surface area contributed by atoms with E-state index in [1.54, 1.807) is 7.05 Å². The SMILES string of the molecule is C=C(C)CN1CCC[C@H]1C(=O)NC. The molecule has 1 amide bonds. The van der Waals surface area contributed by atoms with E-state index in [9.17, 15) is 4.79 Å². The third-order valence-electron chi connectivity index (χ3n) is 2.39. The van der Waals surface area contributed by atoms with Crippen LogP contribution in [0.3, 0.4) is 0 Å². The molecule has 0 spiro atoms. The molecule has 3 heteroatoms. The molecule has 3 nitrogen and oxygen atoms in total. The Morgan fingerprint density at radius 2 is 2.38 bits per heavy atom. The molecule has 0 aromatic rings. The summed E-state index contributed by atoms with van der Waals surface area (Å²) in [4.78, 5) is 13.6. The van der Waals surface area contributed by atoms with Crippen molar-refractivity contribution in [3.8, 4) is 0 Å². The number of nitrogens with zero attached hydrogens (tertiary/aromatic N) is 1. The fourth-order valence-corrected chi connectivity index (χ4v) is 1.83. The lowest BCUT2D eigenvalue weighted by atomic mass is 10.2. The van der Waals surface area contributed by atoms with Gasteiger partial charge in [-0.05, 0) is 26.3 Å². The van der Waals surface area contributed by atoms with E-state index >= 15 is 0 Å². The van der Waals surface area contributed by atoms with Gasteiger partial charge in [-0.3, -0.25) is 9.69 Å². The van der Waals surface area contributed by atoms with Gasteiger partial charge in [0.2, 0.25) is 5.91 Å². The van der Waals surface area contributed by atoms with Crippen LogP contribution < -0.4 is 5.32 Å². The highest BCUT2D eigenvalue weighted by Crippen LogP contribution is 2.17. The highest BCUT2D eigenvalue weighted by molar-refractivity contribution is 5.81. The largest absolute Gasteiger partial charge is 0.358 e. The maximum atomic E-state index is 11.4. The average Bonchev–Trinajstić information content (AvgIpc) is 2.50. The Hall–Kier alpha value is -0.830. The number of carbonyl (C=O) groups excluding carboxylic acids is 1. The van der Waals surface area contributed by atoms with Gasteiger partial charge in [-0.15, -0.1) is 0 Å². The summed E-state index contributed by atoms with van der Waals surface area (Å²) >= 11 is 0. The Balaban J connectivity index is 2.53. The fraction of sp³-hybridized carbons (Fsp3) is 0.700. The summed E-state index contributed by atoms with van der Waals surface area (Å²) in [5, 5.41) is 2.70. The van der Waals surface area contributed by atoms with Crippen LogP contribution in [-0.2, 0) is 4.79 Å². The fourth-order valence-electron chi connectivity index (χ4n) is 1.83. The second-order valence-corrected chi connectivity index (χ2v) is 3.70. The Morgan fingerprint density at radius 1 is 1.69 bits per heavy atom. The monoisotopic (exact) mass is 182 g/mol. The molecule has 0 aromatic carbocycles. The minimum Gasteiger partial charge on any atom is -0.358 e. The lowest BCUT2D eigenvalue weighted by Gasteiger charge is -2.22. The number of likely N-dealkylation sites (N-methyl/N-ethyl adjacent to an activating group) is 1. The van der Waals surface area contributed by atoms with Crippen LogP contribution in [0.5, 0.6) is 0 Å². The van der Waals surface area contributed by atoms with Gasteiger partial charge in [-0.2, -0.15) is 0 Å². The molecule has 0 bridgehead atoms. The molecule has 1 N–H and O–H groups in total. The van der Waals surface area contributed by atoms with Crippen molar-refractivity contribution in [2.75, 3.05) is 20.1 Å². The first-order valence-electron chi connectivity index (χ1n) is 4.75. The molecular formula is C10H18N2O. The zero-order valence-corrected chi connectivity index (χ0v) is 8.47. The summed E-state index contributed by atoms with van der Waals surface area (Å²) in [6, 6.07) is 0.0710. The zero-order chi connectivity index (χ0) is 9.84. The van der Waals surface area contributed by atoms with Crippen LogP contribution in [0.25, 0.3) is 0 Å². The molecule has 1 fully saturated rings. The molecule has 74 valence electrons. The van der Waals surface area contributed by atoms with E-state index in [2.05, 4.69) is 16.8 Å². The standard InChI is InChI=1S/C10H18N2O/c1-8(2)7-12-6-4-5-9(12)10(13)11-3/h9H,1,4-7H2,2-3H3,(H,11,13)/t9-/m0/s1. The molecule has 1 aliphatic heterocycles. The normalized spacial score (nSPS) is 23.1. The van der Waals surface area contributed by atoms with Gasteiger partial charge in [0.1, 0.15) is 0 Å². The molecule has 1 heterocycles. The predicted octanol–water partition coefficient (Wildman–Crippen LogP) is 0.773. The van der Waals surface area contributed by atoms with Gasteiger partial charge in [0.25, 0.3) is 0 Å². The maximum Gasteiger partial charge on any atom is 0.237 e. The molecule has 0 aromatic heterocycles. The van der Waals surface area contributed by atoms with Crippen molar-refractivity contribution < 1.29 is 4.79 Å². The Bertz CT molecular complexity index is 213. The predicted molar refractivity (Wildman–Crippen MR) is 53.5 cm³/mol. The first kappa shape index (κ1) is 10.3. The number of hydrogen-bond acceptors (Lipinski definition) is 2.